The third-order valence-electron chi connectivity index (χ3n) is 2.67. The highest BCUT2D eigenvalue weighted by Gasteiger charge is 2.20. The lowest BCUT2D eigenvalue weighted by Gasteiger charge is -2.09. The number of rotatable bonds is 3. The van der Waals surface area contributed by atoms with Crippen molar-refractivity contribution in [1.29, 1.82) is 0 Å². The Labute approximate surface area is 129 Å². The maximum atomic E-state index is 13.0. The summed E-state index contributed by atoms with van der Waals surface area (Å²) in [4.78, 5) is 0.0122. The Morgan fingerprint density at radius 3 is 2.50 bits per heavy atom. The Morgan fingerprint density at radius 1 is 1.20 bits per heavy atom. The molecule has 7 heteroatoms. The number of nitrogens with two attached hydrogens (primary N) is 1. The molecular formula is C13H10BrClFNO2S. The quantitative estimate of drug-likeness (QED) is 0.827. The van der Waals surface area contributed by atoms with Crippen LogP contribution in [-0.4, -0.2) is 8.42 Å². The van der Waals surface area contributed by atoms with Crippen LogP contribution in [0, 0.1) is 5.82 Å². The highest BCUT2D eigenvalue weighted by Crippen LogP contribution is 2.28. The summed E-state index contributed by atoms with van der Waals surface area (Å²) in [5, 5.41) is 0.365. The van der Waals surface area contributed by atoms with E-state index in [1.807, 2.05) is 0 Å². The first-order valence-electron chi connectivity index (χ1n) is 5.51. The maximum Gasteiger partial charge on any atom is 0.184 e. The SMILES string of the molecule is Nc1cc(Cl)ccc1S(=O)(=O)Cc1ccc(F)cc1Br. The molecule has 0 radical (unpaired) electrons. The predicted molar refractivity (Wildman–Crippen MR) is 80.9 cm³/mol. The highest BCUT2D eigenvalue weighted by atomic mass is 79.9. The lowest BCUT2D eigenvalue weighted by atomic mass is 10.2. The lowest BCUT2D eigenvalue weighted by Crippen LogP contribution is -2.08. The Morgan fingerprint density at radius 2 is 1.90 bits per heavy atom. The fourth-order valence-corrected chi connectivity index (χ4v) is 4.09. The van der Waals surface area contributed by atoms with Gasteiger partial charge in [0.1, 0.15) is 5.82 Å². The summed E-state index contributed by atoms with van der Waals surface area (Å²) < 4.78 is 38.1. The molecule has 3 nitrogen and oxygen atoms in total. The van der Waals surface area contributed by atoms with E-state index in [-0.39, 0.29) is 16.3 Å². The van der Waals surface area contributed by atoms with E-state index in [1.54, 1.807) is 0 Å². The zero-order valence-corrected chi connectivity index (χ0v) is 13.3. The van der Waals surface area contributed by atoms with Crippen molar-refractivity contribution < 1.29 is 12.8 Å². The fraction of sp³-hybridized carbons (Fsp3) is 0.0769. The molecule has 0 aliphatic rings. The van der Waals surface area contributed by atoms with Gasteiger partial charge in [-0.05, 0) is 35.9 Å². The number of benzene rings is 2. The topological polar surface area (TPSA) is 60.2 Å². The molecule has 0 saturated carbocycles. The molecule has 0 aromatic heterocycles. The number of anilines is 1. The molecule has 0 saturated heterocycles. The van der Waals surface area contributed by atoms with Crippen LogP contribution in [-0.2, 0) is 15.6 Å². The molecular weight excluding hydrogens is 369 g/mol. The van der Waals surface area contributed by atoms with Gasteiger partial charge in [0, 0.05) is 9.50 Å². The standard InChI is InChI=1S/C13H10BrClFNO2S/c14-11-6-10(16)3-1-8(11)7-20(18,19)13-4-2-9(15)5-12(13)17/h1-6H,7,17H2. The average molecular weight is 379 g/mol. The summed E-state index contributed by atoms with van der Waals surface area (Å²) in [5.41, 5.74) is 6.24. The number of hydrogen-bond acceptors (Lipinski definition) is 3. The van der Waals surface area contributed by atoms with Gasteiger partial charge in [0.2, 0.25) is 0 Å². The van der Waals surface area contributed by atoms with Crippen LogP contribution in [0.15, 0.2) is 45.8 Å². The molecule has 20 heavy (non-hydrogen) atoms. The molecule has 2 aromatic rings. The molecule has 0 spiro atoms. The highest BCUT2D eigenvalue weighted by molar-refractivity contribution is 9.10. The molecule has 0 bridgehead atoms. The van der Waals surface area contributed by atoms with Gasteiger partial charge in [-0.25, -0.2) is 12.8 Å². The Bertz CT molecular complexity index is 765. The van der Waals surface area contributed by atoms with Gasteiger partial charge in [-0.2, -0.15) is 0 Å². The first kappa shape index (κ1) is 15.3. The van der Waals surface area contributed by atoms with Crippen LogP contribution >= 0.6 is 27.5 Å². The van der Waals surface area contributed by atoms with Crippen molar-refractivity contribution in [3.63, 3.8) is 0 Å². The molecule has 0 aliphatic carbocycles. The average Bonchev–Trinajstić information content (AvgIpc) is 2.32. The maximum absolute atomic E-state index is 13.0. The Hall–Kier alpha value is -1.11. The van der Waals surface area contributed by atoms with Crippen LogP contribution in [0.3, 0.4) is 0 Å². The number of nitrogen functional groups attached to an aromatic ring is 1. The number of hydrogen-bond donors (Lipinski definition) is 1. The van der Waals surface area contributed by atoms with Crippen LogP contribution in [0.2, 0.25) is 5.02 Å². The van der Waals surface area contributed by atoms with E-state index in [0.717, 1.165) is 0 Å². The second-order valence-corrected chi connectivity index (χ2v) is 7.43. The van der Waals surface area contributed by atoms with E-state index in [4.69, 9.17) is 17.3 Å². The van der Waals surface area contributed by atoms with E-state index in [2.05, 4.69) is 15.9 Å². The van der Waals surface area contributed by atoms with Crippen LogP contribution in [0.4, 0.5) is 10.1 Å². The van der Waals surface area contributed by atoms with Crippen molar-refractivity contribution >= 4 is 43.1 Å². The second-order valence-electron chi connectivity index (χ2n) is 4.18. The summed E-state index contributed by atoms with van der Waals surface area (Å²) in [6.07, 6.45) is 0. The van der Waals surface area contributed by atoms with Crippen LogP contribution in [0.1, 0.15) is 5.56 Å². The number of sulfone groups is 1. The second kappa shape index (κ2) is 5.71. The van der Waals surface area contributed by atoms with Crippen LogP contribution in [0.5, 0.6) is 0 Å². The van der Waals surface area contributed by atoms with Crippen molar-refractivity contribution in [1.82, 2.24) is 0 Å². The van der Waals surface area contributed by atoms with E-state index in [1.165, 1.54) is 36.4 Å². The summed E-state index contributed by atoms with van der Waals surface area (Å²) >= 11 is 8.89. The van der Waals surface area contributed by atoms with Crippen LogP contribution in [0.25, 0.3) is 0 Å². The van der Waals surface area contributed by atoms with Crippen molar-refractivity contribution in [2.24, 2.45) is 0 Å². The molecule has 0 atom stereocenters. The van der Waals surface area contributed by atoms with E-state index < -0.39 is 15.7 Å². The normalized spacial score (nSPS) is 11.6. The van der Waals surface area contributed by atoms with Gasteiger partial charge in [0.15, 0.2) is 9.84 Å². The van der Waals surface area contributed by atoms with Crippen molar-refractivity contribution in [2.75, 3.05) is 5.73 Å². The molecule has 0 amide bonds. The van der Waals surface area contributed by atoms with E-state index in [0.29, 0.717) is 15.1 Å². The predicted octanol–water partition coefficient (Wildman–Crippen LogP) is 3.80. The molecule has 0 aliphatic heterocycles. The van der Waals surface area contributed by atoms with Crippen molar-refractivity contribution in [2.45, 2.75) is 10.6 Å². The molecule has 0 heterocycles. The lowest BCUT2D eigenvalue weighted by molar-refractivity contribution is 0.595. The van der Waals surface area contributed by atoms with Crippen molar-refractivity contribution in [3.8, 4) is 0 Å². The van der Waals surface area contributed by atoms with Crippen LogP contribution < -0.4 is 5.73 Å². The summed E-state index contributed by atoms with van der Waals surface area (Å²) in [7, 11) is -3.63. The van der Waals surface area contributed by atoms with Gasteiger partial charge >= 0.3 is 0 Å². The molecule has 0 fully saturated rings. The Balaban J connectivity index is 2.41. The van der Waals surface area contributed by atoms with Gasteiger partial charge in [0.25, 0.3) is 0 Å². The third kappa shape index (κ3) is 3.31. The molecule has 2 rings (SSSR count). The van der Waals surface area contributed by atoms with Gasteiger partial charge in [-0.3, -0.25) is 0 Å². The molecule has 2 aromatic carbocycles. The largest absolute Gasteiger partial charge is 0.398 e. The molecule has 0 unspecified atom stereocenters. The third-order valence-corrected chi connectivity index (χ3v) is 5.37. The van der Waals surface area contributed by atoms with E-state index >= 15 is 0 Å². The Kier molecular flexibility index (Phi) is 4.36. The van der Waals surface area contributed by atoms with Gasteiger partial charge in [-0.1, -0.05) is 33.6 Å². The summed E-state index contributed by atoms with van der Waals surface area (Å²) in [6, 6.07) is 8.06. The molecule has 106 valence electrons. The van der Waals surface area contributed by atoms with Crippen molar-refractivity contribution in [3.05, 3.63) is 57.3 Å². The number of halogens is 3. The first-order chi connectivity index (χ1) is 9.29. The molecule has 2 N–H and O–H groups in total. The zero-order chi connectivity index (χ0) is 14.9. The monoisotopic (exact) mass is 377 g/mol. The minimum Gasteiger partial charge on any atom is -0.398 e. The summed E-state index contributed by atoms with van der Waals surface area (Å²) in [5.74, 6) is -0.719. The van der Waals surface area contributed by atoms with Gasteiger partial charge in [0.05, 0.1) is 16.3 Å². The zero-order valence-electron chi connectivity index (χ0n) is 10.1. The minimum atomic E-state index is -3.63. The first-order valence-corrected chi connectivity index (χ1v) is 8.33. The van der Waals surface area contributed by atoms with E-state index in [9.17, 15) is 12.8 Å². The van der Waals surface area contributed by atoms with Gasteiger partial charge in [-0.15, -0.1) is 0 Å². The smallest absolute Gasteiger partial charge is 0.184 e. The summed E-state index contributed by atoms with van der Waals surface area (Å²) in [6.45, 7) is 0. The minimum absolute atomic E-state index is 0.0122. The fourth-order valence-electron chi connectivity index (χ4n) is 1.72. The van der Waals surface area contributed by atoms with Gasteiger partial charge < -0.3 is 5.73 Å².